The first kappa shape index (κ1) is 14.2. The van der Waals surface area contributed by atoms with E-state index in [4.69, 9.17) is 23.2 Å². The minimum atomic E-state index is -0.747. The van der Waals surface area contributed by atoms with Gasteiger partial charge in [0, 0.05) is 12.3 Å². The van der Waals surface area contributed by atoms with Crippen LogP contribution >= 0.6 is 23.2 Å². The van der Waals surface area contributed by atoms with Crippen molar-refractivity contribution in [2.75, 3.05) is 5.32 Å². The summed E-state index contributed by atoms with van der Waals surface area (Å²) in [4.78, 5) is 26.2. The molecule has 1 N–H and O–H groups in total. The van der Waals surface area contributed by atoms with E-state index in [1.54, 1.807) is 6.07 Å². The predicted molar refractivity (Wildman–Crippen MR) is 75.3 cm³/mol. The number of carbonyl (C=O) groups is 1. The molecular formula is C12H7Cl2N3O3. The summed E-state index contributed by atoms with van der Waals surface area (Å²) in [7, 11) is 0. The minimum Gasteiger partial charge on any atom is -0.305 e. The van der Waals surface area contributed by atoms with E-state index >= 15 is 0 Å². The molecule has 0 spiro atoms. The van der Waals surface area contributed by atoms with Gasteiger partial charge in [-0.3, -0.25) is 14.9 Å². The number of anilines is 1. The van der Waals surface area contributed by atoms with Crippen LogP contribution in [0.3, 0.4) is 0 Å². The van der Waals surface area contributed by atoms with Crippen LogP contribution in [0.2, 0.25) is 10.0 Å². The number of hydrogen-bond donors (Lipinski definition) is 1. The van der Waals surface area contributed by atoms with Gasteiger partial charge in [-0.25, -0.2) is 4.98 Å². The molecule has 1 aromatic heterocycles. The molecule has 20 heavy (non-hydrogen) atoms. The van der Waals surface area contributed by atoms with Crippen LogP contribution in [0.4, 0.5) is 11.5 Å². The maximum absolute atomic E-state index is 12.1. The Kier molecular flexibility index (Phi) is 4.16. The molecule has 8 heteroatoms. The summed E-state index contributed by atoms with van der Waals surface area (Å²) in [5.74, 6) is -0.642. The molecule has 6 nitrogen and oxygen atoms in total. The van der Waals surface area contributed by atoms with Gasteiger partial charge in [-0.15, -0.1) is 0 Å². The number of nitro benzene ring substituents is 1. The molecular weight excluding hydrogens is 305 g/mol. The second-order valence-electron chi connectivity index (χ2n) is 3.68. The summed E-state index contributed by atoms with van der Waals surface area (Å²) in [6.45, 7) is 0. The number of nitrogens with one attached hydrogen (secondary N) is 1. The van der Waals surface area contributed by atoms with Gasteiger partial charge in [-0.2, -0.15) is 0 Å². The van der Waals surface area contributed by atoms with E-state index in [1.807, 2.05) is 0 Å². The Morgan fingerprint density at radius 3 is 2.55 bits per heavy atom. The highest BCUT2D eigenvalue weighted by Gasteiger charge is 2.24. The zero-order valence-electron chi connectivity index (χ0n) is 9.84. The topological polar surface area (TPSA) is 85.1 Å². The third-order valence-corrected chi connectivity index (χ3v) is 3.03. The van der Waals surface area contributed by atoms with Crippen molar-refractivity contribution in [3.8, 4) is 0 Å². The van der Waals surface area contributed by atoms with Gasteiger partial charge in [0.1, 0.15) is 5.56 Å². The number of nitrogens with zero attached hydrogens (tertiary/aromatic N) is 2. The third kappa shape index (κ3) is 2.87. The van der Waals surface area contributed by atoms with Gasteiger partial charge < -0.3 is 5.32 Å². The summed E-state index contributed by atoms with van der Waals surface area (Å²) in [6, 6.07) is 7.11. The molecule has 0 bridgehead atoms. The number of nitro groups is 1. The highest BCUT2D eigenvalue weighted by molar-refractivity contribution is 6.36. The van der Waals surface area contributed by atoms with Crippen molar-refractivity contribution >= 4 is 40.6 Å². The summed E-state index contributed by atoms with van der Waals surface area (Å²) in [6.07, 6.45) is 1.43. The van der Waals surface area contributed by atoms with Crippen molar-refractivity contribution in [2.24, 2.45) is 0 Å². The van der Waals surface area contributed by atoms with E-state index in [1.165, 1.54) is 30.5 Å². The SMILES string of the molecule is O=C(Nc1ncccc1Cl)c1c(Cl)cccc1[N+](=O)[O-]. The molecule has 2 rings (SSSR count). The quantitative estimate of drug-likeness (QED) is 0.693. The molecule has 1 aromatic carbocycles. The van der Waals surface area contributed by atoms with Crippen LogP contribution in [0.15, 0.2) is 36.5 Å². The fraction of sp³-hybridized carbons (Fsp3) is 0. The lowest BCUT2D eigenvalue weighted by molar-refractivity contribution is -0.385. The Hall–Kier alpha value is -2.18. The van der Waals surface area contributed by atoms with Crippen molar-refractivity contribution in [1.29, 1.82) is 0 Å². The lowest BCUT2D eigenvalue weighted by atomic mass is 10.1. The molecule has 102 valence electrons. The Bertz CT molecular complexity index is 691. The molecule has 0 unspecified atom stereocenters. The van der Waals surface area contributed by atoms with E-state index in [0.29, 0.717) is 0 Å². The molecule has 0 radical (unpaired) electrons. The normalized spacial score (nSPS) is 10.1. The standard InChI is InChI=1S/C12H7Cl2N3O3/c13-7-3-1-5-9(17(19)20)10(7)12(18)16-11-8(14)4-2-6-15-11/h1-6H,(H,15,16,18). The molecule has 1 amide bonds. The largest absolute Gasteiger partial charge is 0.305 e. The number of carbonyl (C=O) groups excluding carboxylic acids is 1. The Balaban J connectivity index is 2.40. The summed E-state index contributed by atoms with van der Waals surface area (Å²) >= 11 is 11.7. The van der Waals surface area contributed by atoms with Crippen molar-refractivity contribution in [3.05, 3.63) is 62.3 Å². The second kappa shape index (κ2) is 5.85. The molecule has 0 saturated heterocycles. The van der Waals surface area contributed by atoms with Crippen LogP contribution in [-0.2, 0) is 0 Å². The molecule has 0 saturated carbocycles. The minimum absolute atomic E-state index is 0.0243. The second-order valence-corrected chi connectivity index (χ2v) is 4.49. The number of rotatable bonds is 3. The average Bonchev–Trinajstić information content (AvgIpc) is 2.40. The highest BCUT2D eigenvalue weighted by Crippen LogP contribution is 2.27. The van der Waals surface area contributed by atoms with Crippen LogP contribution in [-0.4, -0.2) is 15.8 Å². The lowest BCUT2D eigenvalue weighted by Crippen LogP contribution is -2.15. The number of halogens is 2. The van der Waals surface area contributed by atoms with Crippen LogP contribution in [0.1, 0.15) is 10.4 Å². The molecule has 0 aliphatic heterocycles. The summed E-state index contributed by atoms with van der Waals surface area (Å²) in [5.41, 5.74) is -0.622. The van der Waals surface area contributed by atoms with Crippen molar-refractivity contribution in [2.45, 2.75) is 0 Å². The van der Waals surface area contributed by atoms with Gasteiger partial charge in [0.05, 0.1) is 15.0 Å². The maximum Gasteiger partial charge on any atom is 0.283 e. The van der Waals surface area contributed by atoms with E-state index in [-0.39, 0.29) is 27.1 Å². The Morgan fingerprint density at radius 2 is 1.90 bits per heavy atom. The first-order valence-electron chi connectivity index (χ1n) is 5.35. The number of hydrogen-bond acceptors (Lipinski definition) is 4. The third-order valence-electron chi connectivity index (χ3n) is 2.41. The Morgan fingerprint density at radius 1 is 1.20 bits per heavy atom. The molecule has 0 aliphatic rings. The smallest absolute Gasteiger partial charge is 0.283 e. The fourth-order valence-electron chi connectivity index (χ4n) is 1.54. The molecule has 0 aliphatic carbocycles. The van der Waals surface area contributed by atoms with Crippen molar-refractivity contribution in [3.63, 3.8) is 0 Å². The summed E-state index contributed by atoms with van der Waals surface area (Å²) < 4.78 is 0. The molecule has 0 atom stereocenters. The number of pyridine rings is 1. The monoisotopic (exact) mass is 311 g/mol. The predicted octanol–water partition coefficient (Wildman–Crippen LogP) is 3.55. The summed E-state index contributed by atoms with van der Waals surface area (Å²) in [5, 5.41) is 13.5. The van der Waals surface area contributed by atoms with Gasteiger partial charge in [0.25, 0.3) is 11.6 Å². The Labute approximate surface area is 123 Å². The van der Waals surface area contributed by atoms with Gasteiger partial charge in [0.15, 0.2) is 5.82 Å². The van der Waals surface area contributed by atoms with E-state index in [2.05, 4.69) is 10.3 Å². The van der Waals surface area contributed by atoms with Crippen LogP contribution < -0.4 is 5.32 Å². The highest BCUT2D eigenvalue weighted by atomic mass is 35.5. The molecule has 0 fully saturated rings. The first-order valence-corrected chi connectivity index (χ1v) is 6.11. The zero-order valence-corrected chi connectivity index (χ0v) is 11.4. The lowest BCUT2D eigenvalue weighted by Gasteiger charge is -2.07. The van der Waals surface area contributed by atoms with Gasteiger partial charge >= 0.3 is 0 Å². The van der Waals surface area contributed by atoms with Gasteiger partial charge in [-0.1, -0.05) is 29.3 Å². The van der Waals surface area contributed by atoms with E-state index in [9.17, 15) is 14.9 Å². The number of aromatic nitrogens is 1. The van der Waals surface area contributed by atoms with E-state index < -0.39 is 10.8 Å². The number of amides is 1. The van der Waals surface area contributed by atoms with Gasteiger partial charge in [0.2, 0.25) is 0 Å². The molecule has 2 aromatic rings. The van der Waals surface area contributed by atoms with Crippen LogP contribution in [0.25, 0.3) is 0 Å². The number of benzene rings is 1. The van der Waals surface area contributed by atoms with Crippen molar-refractivity contribution < 1.29 is 9.72 Å². The van der Waals surface area contributed by atoms with Gasteiger partial charge in [-0.05, 0) is 18.2 Å². The van der Waals surface area contributed by atoms with Crippen LogP contribution in [0, 0.1) is 10.1 Å². The zero-order chi connectivity index (χ0) is 14.7. The average molecular weight is 312 g/mol. The van der Waals surface area contributed by atoms with Crippen LogP contribution in [0.5, 0.6) is 0 Å². The fourth-order valence-corrected chi connectivity index (χ4v) is 1.96. The van der Waals surface area contributed by atoms with Crippen molar-refractivity contribution in [1.82, 2.24) is 4.98 Å². The molecule has 1 heterocycles. The van der Waals surface area contributed by atoms with E-state index in [0.717, 1.165) is 0 Å². The maximum atomic E-state index is 12.1. The first-order chi connectivity index (χ1) is 9.50.